The molecule has 0 amide bonds. The summed E-state index contributed by atoms with van der Waals surface area (Å²) in [5, 5.41) is 13.0. The molecule has 2 rings (SSSR count). The highest BCUT2D eigenvalue weighted by atomic mass is 16.5. The SMILES string of the molecule is C=NC(=NC)NC/C(NC)=C(/N)c1ccc(OCC2CCC2)c(C)n1.CC.O=CO. The number of nitrogens with zero attached hydrogens (tertiary/aromatic N) is 3. The van der Waals surface area contributed by atoms with Gasteiger partial charge in [-0.3, -0.25) is 9.79 Å². The smallest absolute Gasteiger partial charge is 0.290 e. The van der Waals surface area contributed by atoms with Gasteiger partial charge in [0.15, 0.2) is 0 Å². The standard InChI is InChI=1S/C18H28N6O.C2H6.CH2O2/c1-12-16(25-11-13-6-5-7-13)9-8-14(24-12)17(19)15(20-2)10-23-18(21-3)22-4;1-2;2-1-3/h8-9,13,20H,3,5-7,10-11,19H2,1-2,4H3,(H,22,23);1-2H3;1H,(H,2,3)/b17-15-;;. The lowest BCUT2D eigenvalue weighted by molar-refractivity contribution is -0.122. The minimum Gasteiger partial charge on any atom is -0.491 e. The van der Waals surface area contributed by atoms with E-state index in [0.29, 0.717) is 29.8 Å². The predicted molar refractivity (Wildman–Crippen MR) is 123 cm³/mol. The highest BCUT2D eigenvalue weighted by Crippen LogP contribution is 2.28. The van der Waals surface area contributed by atoms with Crippen molar-refractivity contribution in [2.75, 3.05) is 27.2 Å². The quantitative estimate of drug-likeness (QED) is 0.302. The van der Waals surface area contributed by atoms with Crippen molar-refractivity contribution in [3.05, 3.63) is 29.2 Å². The van der Waals surface area contributed by atoms with Crippen LogP contribution < -0.4 is 21.1 Å². The zero-order valence-electron chi connectivity index (χ0n) is 18.7. The van der Waals surface area contributed by atoms with E-state index >= 15 is 0 Å². The number of carbonyl (C=O) groups is 1. The van der Waals surface area contributed by atoms with Gasteiger partial charge in [-0.25, -0.2) is 9.98 Å². The second-order valence-corrected chi connectivity index (χ2v) is 6.19. The molecule has 9 heteroatoms. The van der Waals surface area contributed by atoms with Gasteiger partial charge in [0.05, 0.1) is 35.9 Å². The van der Waals surface area contributed by atoms with Gasteiger partial charge in [-0.15, -0.1) is 0 Å². The topological polar surface area (TPSA) is 134 Å². The van der Waals surface area contributed by atoms with Crippen molar-refractivity contribution in [3.63, 3.8) is 0 Å². The summed E-state index contributed by atoms with van der Waals surface area (Å²) in [5.41, 5.74) is 9.21. The van der Waals surface area contributed by atoms with Crippen LogP contribution >= 0.6 is 0 Å². The molecule has 0 aliphatic heterocycles. The van der Waals surface area contributed by atoms with Crippen molar-refractivity contribution in [1.82, 2.24) is 15.6 Å². The van der Waals surface area contributed by atoms with Crippen LogP contribution in [0, 0.1) is 12.8 Å². The molecular weight excluding hydrogens is 384 g/mol. The van der Waals surface area contributed by atoms with Gasteiger partial charge in [-0.1, -0.05) is 20.3 Å². The van der Waals surface area contributed by atoms with Crippen LogP contribution in [0.3, 0.4) is 0 Å². The molecule has 1 aliphatic rings. The Hall–Kier alpha value is -3.10. The number of aliphatic imine (C=N–C) groups is 2. The van der Waals surface area contributed by atoms with Crippen LogP contribution in [-0.4, -0.2) is 56.5 Å². The van der Waals surface area contributed by atoms with Crippen molar-refractivity contribution < 1.29 is 14.6 Å². The monoisotopic (exact) mass is 420 g/mol. The molecule has 0 saturated heterocycles. The molecule has 0 spiro atoms. The summed E-state index contributed by atoms with van der Waals surface area (Å²) >= 11 is 0. The second-order valence-electron chi connectivity index (χ2n) is 6.19. The fourth-order valence-electron chi connectivity index (χ4n) is 2.56. The maximum Gasteiger partial charge on any atom is 0.290 e. The van der Waals surface area contributed by atoms with Gasteiger partial charge in [0, 0.05) is 14.1 Å². The van der Waals surface area contributed by atoms with Crippen LogP contribution in [0.15, 0.2) is 27.8 Å². The number of ether oxygens (including phenoxy) is 1. The number of nitrogens with one attached hydrogen (secondary N) is 2. The number of aryl methyl sites for hydroxylation is 1. The Labute approximate surface area is 179 Å². The maximum absolute atomic E-state index is 8.36. The Kier molecular flexibility index (Phi) is 14.1. The summed E-state index contributed by atoms with van der Waals surface area (Å²) in [5.74, 6) is 1.98. The third-order valence-electron chi connectivity index (χ3n) is 4.42. The summed E-state index contributed by atoms with van der Waals surface area (Å²) in [7, 11) is 3.47. The number of nitrogens with two attached hydrogens (primary N) is 1. The molecule has 5 N–H and O–H groups in total. The average molecular weight is 421 g/mol. The molecule has 9 nitrogen and oxygen atoms in total. The van der Waals surface area contributed by atoms with E-state index in [2.05, 4.69) is 32.3 Å². The number of likely N-dealkylation sites (N-methyl/N-ethyl adjacent to an activating group) is 1. The highest BCUT2D eigenvalue weighted by Gasteiger charge is 2.18. The maximum atomic E-state index is 8.36. The van der Waals surface area contributed by atoms with Crippen LogP contribution in [-0.2, 0) is 4.79 Å². The fourth-order valence-corrected chi connectivity index (χ4v) is 2.56. The minimum atomic E-state index is -0.250. The number of aromatic nitrogens is 1. The summed E-state index contributed by atoms with van der Waals surface area (Å²) in [4.78, 5) is 20.7. The number of guanidine groups is 1. The summed E-state index contributed by atoms with van der Waals surface area (Å²) in [6.07, 6.45) is 3.85. The zero-order chi connectivity index (χ0) is 22.9. The van der Waals surface area contributed by atoms with Crippen molar-refractivity contribution in [2.24, 2.45) is 21.6 Å². The molecule has 1 fully saturated rings. The molecule has 1 aromatic heterocycles. The highest BCUT2D eigenvalue weighted by molar-refractivity contribution is 5.84. The first-order chi connectivity index (χ1) is 14.5. The number of carboxylic acid groups (broad SMARTS) is 1. The molecule has 1 saturated carbocycles. The molecule has 0 atom stereocenters. The first-order valence-corrected chi connectivity index (χ1v) is 10.0. The molecule has 1 aromatic rings. The van der Waals surface area contributed by atoms with Crippen molar-refractivity contribution in [1.29, 1.82) is 0 Å². The number of pyridine rings is 1. The largest absolute Gasteiger partial charge is 0.491 e. The second kappa shape index (κ2) is 15.8. The normalized spacial score (nSPS) is 13.8. The Bertz CT molecular complexity index is 715. The van der Waals surface area contributed by atoms with Crippen LogP contribution in [0.25, 0.3) is 5.70 Å². The van der Waals surface area contributed by atoms with Crippen LogP contribution in [0.5, 0.6) is 5.75 Å². The van der Waals surface area contributed by atoms with Gasteiger partial charge in [0.2, 0.25) is 5.96 Å². The third-order valence-corrected chi connectivity index (χ3v) is 4.42. The minimum absolute atomic E-state index is 0.250. The summed E-state index contributed by atoms with van der Waals surface area (Å²) in [6, 6.07) is 3.82. The third kappa shape index (κ3) is 8.93. The number of rotatable bonds is 7. The predicted octanol–water partition coefficient (Wildman–Crippen LogP) is 2.42. The molecule has 0 radical (unpaired) electrons. The summed E-state index contributed by atoms with van der Waals surface area (Å²) in [6.45, 7) is 10.4. The van der Waals surface area contributed by atoms with Gasteiger partial charge in [-0.2, -0.15) is 0 Å². The lowest BCUT2D eigenvalue weighted by Crippen LogP contribution is -2.30. The van der Waals surface area contributed by atoms with Crippen molar-refractivity contribution in [3.8, 4) is 5.75 Å². The van der Waals surface area contributed by atoms with Gasteiger partial charge < -0.3 is 26.2 Å². The van der Waals surface area contributed by atoms with E-state index in [4.69, 9.17) is 20.4 Å². The summed E-state index contributed by atoms with van der Waals surface area (Å²) < 4.78 is 5.89. The molecule has 0 aromatic carbocycles. The van der Waals surface area contributed by atoms with E-state index in [-0.39, 0.29) is 6.47 Å². The fraction of sp³-hybridized carbons (Fsp3) is 0.524. The van der Waals surface area contributed by atoms with Crippen LogP contribution in [0.4, 0.5) is 0 Å². The van der Waals surface area contributed by atoms with E-state index in [1.165, 1.54) is 19.3 Å². The van der Waals surface area contributed by atoms with Gasteiger partial charge in [-0.05, 0) is 44.5 Å². The van der Waals surface area contributed by atoms with Gasteiger partial charge >= 0.3 is 0 Å². The first kappa shape index (κ1) is 26.9. The zero-order valence-corrected chi connectivity index (χ0v) is 18.7. The van der Waals surface area contributed by atoms with Crippen molar-refractivity contribution in [2.45, 2.75) is 40.0 Å². The van der Waals surface area contributed by atoms with E-state index < -0.39 is 0 Å². The number of hydrogen-bond acceptors (Lipinski definition) is 6. The van der Waals surface area contributed by atoms with E-state index in [0.717, 1.165) is 23.7 Å². The van der Waals surface area contributed by atoms with Crippen LogP contribution in [0.2, 0.25) is 0 Å². The van der Waals surface area contributed by atoms with Gasteiger partial charge in [0.25, 0.3) is 6.47 Å². The van der Waals surface area contributed by atoms with E-state index in [1.54, 1.807) is 7.05 Å². The molecule has 1 heterocycles. The Balaban J connectivity index is 0.00000154. The lowest BCUT2D eigenvalue weighted by atomic mass is 9.86. The Morgan fingerprint density at radius 3 is 2.50 bits per heavy atom. The molecule has 1 aliphatic carbocycles. The van der Waals surface area contributed by atoms with E-state index in [9.17, 15) is 0 Å². The Morgan fingerprint density at radius 2 is 2.07 bits per heavy atom. The number of hydrogen-bond donors (Lipinski definition) is 4. The van der Waals surface area contributed by atoms with Gasteiger partial charge in [0.1, 0.15) is 5.75 Å². The van der Waals surface area contributed by atoms with E-state index in [1.807, 2.05) is 40.0 Å². The molecule has 0 unspecified atom stereocenters. The molecular formula is C21H36N6O3. The molecule has 30 heavy (non-hydrogen) atoms. The van der Waals surface area contributed by atoms with Crippen LogP contribution in [0.1, 0.15) is 44.5 Å². The van der Waals surface area contributed by atoms with Crippen molar-refractivity contribution >= 4 is 24.8 Å². The average Bonchev–Trinajstić information content (AvgIpc) is 2.73. The molecule has 0 bridgehead atoms. The first-order valence-electron chi connectivity index (χ1n) is 10.0. The Morgan fingerprint density at radius 1 is 1.43 bits per heavy atom. The molecule has 168 valence electrons. The lowest BCUT2D eigenvalue weighted by Gasteiger charge is -2.25.